The van der Waals surface area contributed by atoms with Gasteiger partial charge in [0.05, 0.1) is 19.2 Å². The monoisotopic (exact) mass is 352 g/mol. The lowest BCUT2D eigenvalue weighted by Gasteiger charge is -2.20. The molecule has 24 heavy (non-hydrogen) atoms. The minimum atomic E-state index is -0.340. The first kappa shape index (κ1) is 18.6. The van der Waals surface area contributed by atoms with Crippen molar-refractivity contribution >= 4 is 23.4 Å². The normalized spacial score (nSPS) is 15.7. The summed E-state index contributed by atoms with van der Waals surface area (Å²) in [5.41, 5.74) is 1.28. The Balaban J connectivity index is 1.88. The number of hydrogen-bond acceptors (Lipinski definition) is 4. The number of carbonyl (C=O) groups is 1. The lowest BCUT2D eigenvalue weighted by molar-refractivity contribution is 0.146. The molecule has 1 fully saturated rings. The number of rotatable bonds is 8. The number of hydrogen-bond donors (Lipinski definition) is 3. The fourth-order valence-corrected chi connectivity index (χ4v) is 3.25. The molecule has 0 bridgehead atoms. The van der Waals surface area contributed by atoms with Crippen LogP contribution in [0.1, 0.15) is 37.1 Å². The third-order valence-corrected chi connectivity index (χ3v) is 4.96. The van der Waals surface area contributed by atoms with Crippen LogP contribution in [0.15, 0.2) is 16.4 Å². The van der Waals surface area contributed by atoms with E-state index in [1.54, 1.807) is 11.3 Å². The highest BCUT2D eigenvalue weighted by molar-refractivity contribution is 7.10. The molecule has 1 aromatic rings. The topological polar surface area (TPSA) is 74.8 Å². The molecule has 1 aromatic heterocycles. The van der Waals surface area contributed by atoms with Crippen molar-refractivity contribution in [3.63, 3.8) is 0 Å². The van der Waals surface area contributed by atoms with Crippen LogP contribution in [0.5, 0.6) is 0 Å². The maximum absolute atomic E-state index is 11.7. The van der Waals surface area contributed by atoms with Crippen LogP contribution in [0, 0.1) is 12.8 Å². The van der Waals surface area contributed by atoms with Crippen LogP contribution in [0.2, 0.25) is 0 Å². The van der Waals surface area contributed by atoms with Crippen molar-refractivity contribution in [2.24, 2.45) is 10.9 Å². The van der Waals surface area contributed by atoms with Crippen LogP contribution in [-0.4, -0.2) is 37.8 Å². The van der Waals surface area contributed by atoms with Gasteiger partial charge in [-0.1, -0.05) is 0 Å². The van der Waals surface area contributed by atoms with Gasteiger partial charge >= 0.3 is 6.09 Å². The number of aryl methyl sites for hydroxylation is 1. The number of carbonyl (C=O) groups excluding carboxylic acids is 1. The molecule has 3 N–H and O–H groups in total. The maximum atomic E-state index is 11.7. The summed E-state index contributed by atoms with van der Waals surface area (Å²) >= 11 is 1.73. The number of guanidine groups is 1. The number of nitrogens with one attached hydrogen (secondary N) is 3. The van der Waals surface area contributed by atoms with Crippen molar-refractivity contribution in [2.45, 2.75) is 46.2 Å². The van der Waals surface area contributed by atoms with E-state index >= 15 is 0 Å². The third-order valence-electron chi connectivity index (χ3n) is 3.95. The Bertz CT molecular complexity index is 555. The molecule has 7 heteroatoms. The standard InChI is InChI=1S/C17H28N4O2S/c1-4-18-16(20-11-15-12(3)8-9-24-15)19-10-14(13-6-7-13)21-17(22)23-5-2/h8-9,13-14H,4-7,10-11H2,1-3H3,(H,21,22)(H2,18,19,20). The smallest absolute Gasteiger partial charge is 0.407 e. The summed E-state index contributed by atoms with van der Waals surface area (Å²) in [6.45, 7) is 8.47. The molecular weight excluding hydrogens is 324 g/mol. The van der Waals surface area contributed by atoms with Crippen molar-refractivity contribution in [1.82, 2.24) is 16.0 Å². The van der Waals surface area contributed by atoms with Gasteiger partial charge < -0.3 is 20.7 Å². The van der Waals surface area contributed by atoms with Crippen LogP contribution in [0.25, 0.3) is 0 Å². The van der Waals surface area contributed by atoms with Crippen molar-refractivity contribution in [1.29, 1.82) is 0 Å². The van der Waals surface area contributed by atoms with Crippen molar-refractivity contribution in [3.8, 4) is 0 Å². The predicted molar refractivity (Wildman–Crippen MR) is 98.5 cm³/mol. The third kappa shape index (κ3) is 6.03. The molecule has 1 aliphatic carbocycles. The van der Waals surface area contributed by atoms with E-state index in [9.17, 15) is 4.79 Å². The molecule has 0 aromatic carbocycles. The highest BCUT2D eigenvalue weighted by Gasteiger charge is 2.32. The molecule has 6 nitrogen and oxygen atoms in total. The Labute approximate surface area is 148 Å². The Morgan fingerprint density at radius 3 is 2.79 bits per heavy atom. The lowest BCUT2D eigenvalue weighted by Crippen LogP contribution is -2.48. The average Bonchev–Trinajstić information content (AvgIpc) is 3.32. The second kappa shape index (κ2) is 9.52. The zero-order chi connectivity index (χ0) is 17.4. The second-order valence-corrected chi connectivity index (χ2v) is 6.91. The number of nitrogens with zero attached hydrogens (tertiary/aromatic N) is 1. The van der Waals surface area contributed by atoms with E-state index in [1.165, 1.54) is 10.4 Å². The van der Waals surface area contributed by atoms with Gasteiger partial charge in [-0.25, -0.2) is 9.79 Å². The number of thiophene rings is 1. The Morgan fingerprint density at radius 2 is 2.21 bits per heavy atom. The molecule has 1 unspecified atom stereocenters. The van der Waals surface area contributed by atoms with Gasteiger partial charge in [0.1, 0.15) is 0 Å². The molecule has 1 heterocycles. The summed E-state index contributed by atoms with van der Waals surface area (Å²) in [6, 6.07) is 2.19. The van der Waals surface area contributed by atoms with Gasteiger partial charge in [0.15, 0.2) is 5.96 Å². The van der Waals surface area contributed by atoms with Gasteiger partial charge in [-0.15, -0.1) is 11.3 Å². The van der Waals surface area contributed by atoms with Crippen LogP contribution < -0.4 is 16.0 Å². The van der Waals surface area contributed by atoms with E-state index in [2.05, 4.69) is 39.3 Å². The molecular formula is C17H28N4O2S. The first-order valence-electron chi connectivity index (χ1n) is 8.62. The minimum Gasteiger partial charge on any atom is -0.450 e. The molecule has 0 aliphatic heterocycles. The molecule has 0 saturated heterocycles. The zero-order valence-electron chi connectivity index (χ0n) is 14.7. The summed E-state index contributed by atoms with van der Waals surface area (Å²) in [7, 11) is 0. The van der Waals surface area contributed by atoms with Crippen LogP contribution in [0.3, 0.4) is 0 Å². The number of alkyl carbamates (subject to hydrolysis) is 1. The summed E-state index contributed by atoms with van der Waals surface area (Å²) in [4.78, 5) is 17.6. The quantitative estimate of drug-likeness (QED) is 0.497. The molecule has 2 rings (SSSR count). The Kier molecular flexibility index (Phi) is 7.36. The number of ether oxygens (including phenoxy) is 1. The summed E-state index contributed by atoms with van der Waals surface area (Å²) < 4.78 is 4.99. The summed E-state index contributed by atoms with van der Waals surface area (Å²) in [5.74, 6) is 1.31. The molecule has 1 aliphatic rings. The predicted octanol–water partition coefficient (Wildman–Crippen LogP) is 2.64. The van der Waals surface area contributed by atoms with Crippen LogP contribution >= 0.6 is 11.3 Å². The van der Waals surface area contributed by atoms with Gasteiger partial charge in [-0.2, -0.15) is 0 Å². The fraction of sp³-hybridized carbons (Fsp3) is 0.647. The van der Waals surface area contributed by atoms with Crippen molar-refractivity contribution < 1.29 is 9.53 Å². The van der Waals surface area contributed by atoms with E-state index in [4.69, 9.17) is 4.74 Å². The number of amides is 1. The van der Waals surface area contributed by atoms with E-state index < -0.39 is 0 Å². The maximum Gasteiger partial charge on any atom is 0.407 e. The average molecular weight is 353 g/mol. The first-order valence-corrected chi connectivity index (χ1v) is 9.50. The molecule has 0 radical (unpaired) electrons. The lowest BCUT2D eigenvalue weighted by atomic mass is 10.2. The van der Waals surface area contributed by atoms with Crippen molar-refractivity contribution in [2.75, 3.05) is 19.7 Å². The van der Waals surface area contributed by atoms with E-state index in [1.807, 2.05) is 13.8 Å². The Hall–Kier alpha value is -1.76. The second-order valence-electron chi connectivity index (χ2n) is 5.91. The van der Waals surface area contributed by atoms with Gasteiger partial charge in [-0.3, -0.25) is 0 Å². The Morgan fingerprint density at radius 1 is 1.42 bits per heavy atom. The summed E-state index contributed by atoms with van der Waals surface area (Å²) in [5, 5.41) is 11.6. The van der Waals surface area contributed by atoms with Gasteiger partial charge in [0.2, 0.25) is 0 Å². The fourth-order valence-electron chi connectivity index (χ4n) is 2.42. The highest BCUT2D eigenvalue weighted by Crippen LogP contribution is 2.32. The zero-order valence-corrected chi connectivity index (χ0v) is 15.5. The van der Waals surface area contributed by atoms with Gasteiger partial charge in [0.25, 0.3) is 0 Å². The van der Waals surface area contributed by atoms with Gasteiger partial charge in [-0.05, 0) is 56.5 Å². The largest absolute Gasteiger partial charge is 0.450 e. The van der Waals surface area contributed by atoms with Crippen LogP contribution in [-0.2, 0) is 11.3 Å². The SMILES string of the molecule is CCNC(=NCc1sccc1C)NCC(NC(=O)OCC)C1CC1. The molecule has 1 saturated carbocycles. The van der Waals surface area contributed by atoms with E-state index in [0.29, 0.717) is 25.6 Å². The summed E-state index contributed by atoms with van der Waals surface area (Å²) in [6.07, 6.45) is 1.97. The molecule has 134 valence electrons. The van der Waals surface area contributed by atoms with Crippen LogP contribution in [0.4, 0.5) is 4.79 Å². The van der Waals surface area contributed by atoms with E-state index in [-0.39, 0.29) is 12.1 Å². The molecule has 1 atom stereocenters. The number of aliphatic imine (C=N–C) groups is 1. The van der Waals surface area contributed by atoms with Gasteiger partial charge in [0, 0.05) is 18.0 Å². The first-order chi connectivity index (χ1) is 11.6. The molecule has 0 spiro atoms. The minimum absolute atomic E-state index is 0.0800. The van der Waals surface area contributed by atoms with Crippen molar-refractivity contribution in [3.05, 3.63) is 21.9 Å². The van der Waals surface area contributed by atoms with E-state index in [0.717, 1.165) is 25.3 Å². The highest BCUT2D eigenvalue weighted by atomic mass is 32.1. The molecule has 1 amide bonds.